The Morgan fingerprint density at radius 2 is 1.88 bits per heavy atom. The number of ether oxygens (including phenoxy) is 3. The number of anilines is 1. The Hall–Kier alpha value is -3.55. The number of carbonyl (C=O) groups is 2. The van der Waals surface area contributed by atoms with Crippen molar-refractivity contribution in [3.05, 3.63) is 58.1 Å². The molecule has 1 amide bonds. The number of rotatable bonds is 8. The summed E-state index contributed by atoms with van der Waals surface area (Å²) in [6, 6.07) is 9.08. The highest BCUT2D eigenvalue weighted by Gasteiger charge is 2.30. The molecule has 12 nitrogen and oxygen atoms in total. The molecule has 1 heterocycles. The Morgan fingerprint density at radius 1 is 1.18 bits per heavy atom. The highest BCUT2D eigenvalue weighted by atomic mass is 32.2. The molecule has 1 aliphatic heterocycles. The average Bonchev–Trinajstić information content (AvgIpc) is 2.84. The van der Waals surface area contributed by atoms with Crippen LogP contribution in [0.5, 0.6) is 5.75 Å². The van der Waals surface area contributed by atoms with Crippen LogP contribution < -0.4 is 10.1 Å². The molecule has 0 bridgehead atoms. The number of morpholine rings is 1. The maximum atomic E-state index is 13.1. The lowest BCUT2D eigenvalue weighted by atomic mass is 10.2. The van der Waals surface area contributed by atoms with Crippen LogP contribution in [0.3, 0.4) is 0 Å². The standard InChI is InChI=1S/C21H23N3O9S/c1-14(20(25)22-16-4-3-5-17(13-16)24(27)28)33-21(26)15-6-7-18(31-2)19(12-15)34(29,30)23-8-10-32-11-9-23/h3-7,12-14H,8-11H2,1-2H3,(H,22,25). The maximum Gasteiger partial charge on any atom is 0.338 e. The van der Waals surface area contributed by atoms with Crippen molar-refractivity contribution >= 4 is 33.3 Å². The van der Waals surface area contributed by atoms with Crippen LogP contribution in [0.25, 0.3) is 0 Å². The molecule has 1 fully saturated rings. The second-order valence-corrected chi connectivity index (χ2v) is 9.13. The molecule has 0 spiro atoms. The summed E-state index contributed by atoms with van der Waals surface area (Å²) >= 11 is 0. The number of methoxy groups -OCH3 is 1. The molecule has 0 aromatic heterocycles. The number of nitrogens with zero attached hydrogens (tertiary/aromatic N) is 2. The van der Waals surface area contributed by atoms with Gasteiger partial charge in [0.1, 0.15) is 10.6 Å². The number of nitrogens with one attached hydrogen (secondary N) is 1. The predicted molar refractivity (Wildman–Crippen MR) is 119 cm³/mol. The molecule has 3 rings (SSSR count). The largest absolute Gasteiger partial charge is 0.495 e. The summed E-state index contributed by atoms with van der Waals surface area (Å²) in [5, 5.41) is 13.3. The first-order valence-electron chi connectivity index (χ1n) is 10.2. The summed E-state index contributed by atoms with van der Waals surface area (Å²) in [5.41, 5.74) is -0.150. The Morgan fingerprint density at radius 3 is 2.53 bits per heavy atom. The van der Waals surface area contributed by atoms with E-state index in [1.165, 1.54) is 54.7 Å². The van der Waals surface area contributed by atoms with E-state index in [2.05, 4.69) is 5.32 Å². The van der Waals surface area contributed by atoms with E-state index < -0.39 is 32.9 Å². The fraction of sp³-hybridized carbons (Fsp3) is 0.333. The van der Waals surface area contributed by atoms with Crippen LogP contribution in [-0.4, -0.2) is 69.0 Å². The third-order valence-corrected chi connectivity index (χ3v) is 6.88. The summed E-state index contributed by atoms with van der Waals surface area (Å²) in [6.45, 7) is 2.14. The van der Waals surface area contributed by atoms with Gasteiger partial charge in [0.25, 0.3) is 11.6 Å². The van der Waals surface area contributed by atoms with Crippen LogP contribution in [0.15, 0.2) is 47.4 Å². The number of hydrogen-bond acceptors (Lipinski definition) is 9. The molecule has 1 atom stereocenters. The summed E-state index contributed by atoms with van der Waals surface area (Å²) in [4.78, 5) is 35.1. The van der Waals surface area contributed by atoms with Gasteiger partial charge in [0, 0.05) is 30.9 Å². The average molecular weight is 493 g/mol. The highest BCUT2D eigenvalue weighted by Crippen LogP contribution is 2.29. The van der Waals surface area contributed by atoms with E-state index >= 15 is 0 Å². The lowest BCUT2D eigenvalue weighted by molar-refractivity contribution is -0.384. The van der Waals surface area contributed by atoms with Crippen molar-refractivity contribution in [2.24, 2.45) is 0 Å². The molecule has 2 aromatic carbocycles. The van der Waals surface area contributed by atoms with Crippen molar-refractivity contribution in [2.75, 3.05) is 38.7 Å². The summed E-state index contributed by atoms with van der Waals surface area (Å²) < 4.78 is 42.9. The smallest absolute Gasteiger partial charge is 0.338 e. The predicted octanol–water partition coefficient (Wildman–Crippen LogP) is 1.81. The maximum absolute atomic E-state index is 13.1. The molecule has 0 radical (unpaired) electrons. The fourth-order valence-electron chi connectivity index (χ4n) is 3.15. The molecular formula is C21H23N3O9S. The number of nitro benzene ring substituents is 1. The van der Waals surface area contributed by atoms with Gasteiger partial charge in [0.2, 0.25) is 10.0 Å². The van der Waals surface area contributed by atoms with E-state index in [0.29, 0.717) is 0 Å². The van der Waals surface area contributed by atoms with E-state index in [0.717, 1.165) is 6.07 Å². The molecule has 0 aliphatic carbocycles. The number of esters is 1. The van der Waals surface area contributed by atoms with Gasteiger partial charge < -0.3 is 19.5 Å². The zero-order valence-corrected chi connectivity index (χ0v) is 19.2. The number of amides is 1. The zero-order valence-electron chi connectivity index (χ0n) is 18.4. The summed E-state index contributed by atoms with van der Waals surface area (Å²) in [6.07, 6.45) is -1.27. The molecule has 1 aliphatic rings. The first-order valence-corrected chi connectivity index (χ1v) is 11.6. The lowest BCUT2D eigenvalue weighted by Gasteiger charge is -2.26. The van der Waals surface area contributed by atoms with E-state index in [1.54, 1.807) is 0 Å². The quantitative estimate of drug-likeness (QED) is 0.329. The van der Waals surface area contributed by atoms with Gasteiger partial charge in [-0.15, -0.1) is 0 Å². The molecule has 0 saturated carbocycles. The molecule has 1 N–H and O–H groups in total. The lowest BCUT2D eigenvalue weighted by Crippen LogP contribution is -2.40. The van der Waals surface area contributed by atoms with Crippen molar-refractivity contribution in [3.63, 3.8) is 0 Å². The van der Waals surface area contributed by atoms with Gasteiger partial charge in [-0.3, -0.25) is 14.9 Å². The van der Waals surface area contributed by atoms with Crippen molar-refractivity contribution < 1.29 is 37.1 Å². The fourth-order valence-corrected chi connectivity index (χ4v) is 4.74. The second-order valence-electron chi connectivity index (χ2n) is 7.23. The van der Waals surface area contributed by atoms with Gasteiger partial charge >= 0.3 is 5.97 Å². The minimum absolute atomic E-state index is 0.0551. The van der Waals surface area contributed by atoms with Gasteiger partial charge in [-0.25, -0.2) is 13.2 Å². The van der Waals surface area contributed by atoms with Gasteiger partial charge in [0.05, 0.1) is 30.8 Å². The number of non-ortho nitro benzene ring substituents is 1. The van der Waals surface area contributed by atoms with Crippen LogP contribution in [0.1, 0.15) is 17.3 Å². The number of sulfonamides is 1. The Kier molecular flexibility index (Phi) is 7.81. The molecule has 2 aromatic rings. The first-order chi connectivity index (χ1) is 16.1. The van der Waals surface area contributed by atoms with E-state index in [9.17, 15) is 28.1 Å². The third kappa shape index (κ3) is 5.68. The molecular weight excluding hydrogens is 470 g/mol. The highest BCUT2D eigenvalue weighted by molar-refractivity contribution is 7.89. The van der Waals surface area contributed by atoms with Gasteiger partial charge in [0.15, 0.2) is 6.10 Å². The molecule has 13 heteroatoms. The van der Waals surface area contributed by atoms with E-state index in [1.807, 2.05) is 0 Å². The molecule has 1 unspecified atom stereocenters. The topological polar surface area (TPSA) is 154 Å². The van der Waals surface area contributed by atoms with Crippen LogP contribution >= 0.6 is 0 Å². The number of carbonyl (C=O) groups excluding carboxylic acids is 2. The normalized spacial score (nSPS) is 15.2. The first kappa shape index (κ1) is 25.1. The van der Waals surface area contributed by atoms with Gasteiger partial charge in [-0.1, -0.05) is 6.07 Å². The second kappa shape index (κ2) is 10.6. The Balaban J connectivity index is 1.75. The third-order valence-electron chi connectivity index (χ3n) is 4.96. The minimum Gasteiger partial charge on any atom is -0.495 e. The van der Waals surface area contributed by atoms with Crippen LogP contribution in [-0.2, 0) is 24.3 Å². The Bertz CT molecular complexity index is 1190. The molecule has 182 valence electrons. The van der Waals surface area contributed by atoms with Crippen molar-refractivity contribution in [1.82, 2.24) is 4.31 Å². The number of hydrogen-bond donors (Lipinski definition) is 1. The zero-order chi connectivity index (χ0) is 24.9. The number of nitro groups is 1. The van der Waals surface area contributed by atoms with Crippen LogP contribution in [0, 0.1) is 10.1 Å². The number of benzene rings is 2. The van der Waals surface area contributed by atoms with Gasteiger partial charge in [-0.05, 0) is 31.2 Å². The molecule has 34 heavy (non-hydrogen) atoms. The van der Waals surface area contributed by atoms with Crippen molar-refractivity contribution in [2.45, 2.75) is 17.9 Å². The van der Waals surface area contributed by atoms with Gasteiger partial charge in [-0.2, -0.15) is 4.31 Å². The summed E-state index contributed by atoms with van der Waals surface area (Å²) in [5.74, 6) is -1.59. The monoisotopic (exact) mass is 493 g/mol. The van der Waals surface area contributed by atoms with Crippen molar-refractivity contribution in [1.29, 1.82) is 0 Å². The molecule has 1 saturated heterocycles. The Labute approximate surface area is 195 Å². The van der Waals surface area contributed by atoms with Crippen LogP contribution in [0.4, 0.5) is 11.4 Å². The minimum atomic E-state index is -3.97. The summed E-state index contributed by atoms with van der Waals surface area (Å²) in [7, 11) is -2.66. The van der Waals surface area contributed by atoms with Crippen LogP contribution in [0.2, 0.25) is 0 Å². The SMILES string of the molecule is COc1ccc(C(=O)OC(C)C(=O)Nc2cccc([N+](=O)[O-])c2)cc1S(=O)(=O)N1CCOCC1. The van der Waals surface area contributed by atoms with Crippen molar-refractivity contribution in [3.8, 4) is 5.75 Å². The van der Waals surface area contributed by atoms with E-state index in [-0.39, 0.29) is 53.9 Å². The van der Waals surface area contributed by atoms with E-state index in [4.69, 9.17) is 14.2 Å².